The first kappa shape index (κ1) is 22.3. The number of rotatable bonds is 7. The van der Waals surface area contributed by atoms with Gasteiger partial charge >= 0.3 is 0 Å². The van der Waals surface area contributed by atoms with Crippen molar-refractivity contribution in [1.82, 2.24) is 5.32 Å². The number of fused-ring (bicyclic) bond motifs is 1. The third-order valence-corrected chi connectivity index (χ3v) is 5.67. The summed E-state index contributed by atoms with van der Waals surface area (Å²) >= 11 is 0. The third-order valence-electron chi connectivity index (χ3n) is 4.74. The van der Waals surface area contributed by atoms with E-state index in [0.717, 1.165) is 16.3 Å². The van der Waals surface area contributed by atoms with Crippen LogP contribution in [0.1, 0.15) is 12.5 Å². The summed E-state index contributed by atoms with van der Waals surface area (Å²) in [6.45, 7) is 1.54. The molecule has 9 heteroatoms. The van der Waals surface area contributed by atoms with Crippen LogP contribution >= 0.6 is 0 Å². The minimum Gasteiger partial charge on any atom is -0.495 e. The zero-order valence-electron chi connectivity index (χ0n) is 17.1. The highest BCUT2D eigenvalue weighted by Crippen LogP contribution is 2.26. The van der Waals surface area contributed by atoms with Crippen LogP contribution in [0.2, 0.25) is 0 Å². The highest BCUT2D eigenvalue weighted by atomic mass is 32.2. The number of carbonyl (C=O) groups excluding carboxylic acids is 2. The zero-order valence-corrected chi connectivity index (χ0v) is 17.9. The van der Waals surface area contributed by atoms with Crippen LogP contribution < -0.4 is 20.5 Å². The van der Waals surface area contributed by atoms with Crippen molar-refractivity contribution in [2.24, 2.45) is 5.14 Å². The highest BCUT2D eigenvalue weighted by Gasteiger charge is 2.19. The number of hydrogen-bond acceptors (Lipinski definition) is 5. The van der Waals surface area contributed by atoms with Crippen molar-refractivity contribution < 1.29 is 22.7 Å². The maximum atomic E-state index is 12.5. The van der Waals surface area contributed by atoms with Crippen LogP contribution in [-0.4, -0.2) is 33.4 Å². The van der Waals surface area contributed by atoms with Crippen molar-refractivity contribution in [2.45, 2.75) is 24.3 Å². The Kier molecular flexibility index (Phi) is 6.57. The van der Waals surface area contributed by atoms with Crippen LogP contribution in [-0.2, 0) is 26.0 Å². The number of sulfonamides is 1. The molecule has 0 bridgehead atoms. The summed E-state index contributed by atoms with van der Waals surface area (Å²) in [5, 5.41) is 12.4. The molecule has 162 valence electrons. The van der Waals surface area contributed by atoms with Crippen molar-refractivity contribution >= 4 is 38.3 Å². The SMILES string of the molecule is COc1ccc(NC(=O)[C@@H](C)NC(=O)Cc2cccc3ccccc23)cc1S(N)(=O)=O. The predicted molar refractivity (Wildman–Crippen MR) is 118 cm³/mol. The molecule has 3 aromatic rings. The van der Waals surface area contributed by atoms with Crippen LogP contribution in [0.4, 0.5) is 5.69 Å². The van der Waals surface area contributed by atoms with Crippen LogP contribution in [0.15, 0.2) is 65.6 Å². The van der Waals surface area contributed by atoms with Gasteiger partial charge < -0.3 is 15.4 Å². The molecule has 0 aliphatic heterocycles. The van der Waals surface area contributed by atoms with Gasteiger partial charge in [0, 0.05) is 5.69 Å². The highest BCUT2D eigenvalue weighted by molar-refractivity contribution is 7.89. The molecule has 0 saturated heterocycles. The van der Waals surface area contributed by atoms with Gasteiger partial charge in [-0.1, -0.05) is 42.5 Å². The summed E-state index contributed by atoms with van der Waals surface area (Å²) in [4.78, 5) is 24.7. The van der Waals surface area contributed by atoms with E-state index in [0.29, 0.717) is 0 Å². The molecule has 4 N–H and O–H groups in total. The lowest BCUT2D eigenvalue weighted by Gasteiger charge is -2.16. The van der Waals surface area contributed by atoms with Crippen LogP contribution in [0, 0.1) is 0 Å². The molecule has 8 nitrogen and oxygen atoms in total. The first-order valence-corrected chi connectivity index (χ1v) is 11.0. The molecule has 0 saturated carbocycles. The molecule has 0 unspecified atom stereocenters. The maximum Gasteiger partial charge on any atom is 0.246 e. The number of carbonyl (C=O) groups is 2. The van der Waals surface area contributed by atoms with Gasteiger partial charge in [-0.2, -0.15) is 0 Å². The average Bonchev–Trinajstić information content (AvgIpc) is 2.73. The number of amides is 2. The lowest BCUT2D eigenvalue weighted by Crippen LogP contribution is -2.42. The van der Waals surface area contributed by atoms with Crippen molar-refractivity contribution in [1.29, 1.82) is 0 Å². The summed E-state index contributed by atoms with van der Waals surface area (Å²) < 4.78 is 28.4. The number of benzene rings is 3. The number of ether oxygens (including phenoxy) is 1. The van der Waals surface area contributed by atoms with Crippen molar-refractivity contribution in [3.05, 3.63) is 66.2 Å². The first-order chi connectivity index (χ1) is 14.7. The second-order valence-corrected chi connectivity index (χ2v) is 8.53. The van der Waals surface area contributed by atoms with Gasteiger partial charge in [0.2, 0.25) is 21.8 Å². The monoisotopic (exact) mass is 441 g/mol. The van der Waals surface area contributed by atoms with Gasteiger partial charge in [-0.3, -0.25) is 9.59 Å². The third kappa shape index (κ3) is 5.39. The topological polar surface area (TPSA) is 128 Å². The number of hydrogen-bond donors (Lipinski definition) is 3. The summed E-state index contributed by atoms with van der Waals surface area (Å²) in [5.41, 5.74) is 1.07. The zero-order chi connectivity index (χ0) is 22.6. The molecular weight excluding hydrogens is 418 g/mol. The van der Waals surface area contributed by atoms with Crippen LogP contribution in [0.3, 0.4) is 0 Å². The van der Waals surface area contributed by atoms with Gasteiger partial charge in [0.1, 0.15) is 16.7 Å². The van der Waals surface area contributed by atoms with Crippen molar-refractivity contribution in [2.75, 3.05) is 12.4 Å². The minimum atomic E-state index is -4.04. The van der Waals surface area contributed by atoms with Gasteiger partial charge in [-0.05, 0) is 41.5 Å². The predicted octanol–water partition coefficient (Wildman–Crippen LogP) is 2.18. The van der Waals surface area contributed by atoms with Gasteiger partial charge in [-0.15, -0.1) is 0 Å². The molecular formula is C22H23N3O5S. The van der Waals surface area contributed by atoms with Crippen molar-refractivity contribution in [3.63, 3.8) is 0 Å². The maximum absolute atomic E-state index is 12.5. The van der Waals surface area contributed by atoms with E-state index < -0.39 is 22.0 Å². The number of anilines is 1. The van der Waals surface area contributed by atoms with Gasteiger partial charge in [0.05, 0.1) is 13.5 Å². The number of methoxy groups -OCH3 is 1. The fourth-order valence-corrected chi connectivity index (χ4v) is 3.93. The van der Waals surface area contributed by atoms with E-state index >= 15 is 0 Å². The molecule has 0 aliphatic carbocycles. The summed E-state index contributed by atoms with van der Waals surface area (Å²) in [6, 6.07) is 16.7. The molecule has 2 amide bonds. The Morgan fingerprint density at radius 3 is 2.48 bits per heavy atom. The number of primary sulfonamides is 1. The van der Waals surface area contributed by atoms with E-state index in [1.165, 1.54) is 25.3 Å². The van der Waals surface area contributed by atoms with E-state index in [4.69, 9.17) is 9.88 Å². The Labute approximate surface area is 180 Å². The quantitative estimate of drug-likeness (QED) is 0.518. The Hall–Kier alpha value is -3.43. The molecule has 0 spiro atoms. The van der Waals surface area contributed by atoms with E-state index in [1.54, 1.807) is 6.92 Å². The molecule has 0 aromatic heterocycles. The van der Waals surface area contributed by atoms with E-state index in [1.807, 2.05) is 42.5 Å². The van der Waals surface area contributed by atoms with Gasteiger partial charge in [0.15, 0.2) is 0 Å². The van der Waals surface area contributed by atoms with E-state index in [9.17, 15) is 18.0 Å². The fraction of sp³-hybridized carbons (Fsp3) is 0.182. The van der Waals surface area contributed by atoms with Gasteiger partial charge in [-0.25, -0.2) is 13.6 Å². The Bertz CT molecular complexity index is 1240. The first-order valence-electron chi connectivity index (χ1n) is 9.46. The van der Waals surface area contributed by atoms with Crippen LogP contribution in [0.5, 0.6) is 5.75 Å². The van der Waals surface area contributed by atoms with Crippen LogP contribution in [0.25, 0.3) is 10.8 Å². The lowest BCUT2D eigenvalue weighted by molar-refractivity contribution is -0.125. The molecule has 3 aromatic carbocycles. The molecule has 31 heavy (non-hydrogen) atoms. The summed E-state index contributed by atoms with van der Waals surface area (Å²) in [5.74, 6) is -0.743. The molecule has 0 heterocycles. The Morgan fingerprint density at radius 2 is 1.77 bits per heavy atom. The van der Waals surface area contributed by atoms with E-state index in [2.05, 4.69) is 10.6 Å². The average molecular weight is 442 g/mol. The largest absolute Gasteiger partial charge is 0.495 e. The number of nitrogens with one attached hydrogen (secondary N) is 2. The second-order valence-electron chi connectivity index (χ2n) is 7.00. The number of nitrogens with two attached hydrogens (primary N) is 1. The smallest absolute Gasteiger partial charge is 0.246 e. The Morgan fingerprint density at radius 1 is 1.06 bits per heavy atom. The van der Waals surface area contributed by atoms with Gasteiger partial charge in [0.25, 0.3) is 0 Å². The van der Waals surface area contributed by atoms with Crippen molar-refractivity contribution in [3.8, 4) is 5.75 Å². The van der Waals surface area contributed by atoms with E-state index in [-0.39, 0.29) is 28.7 Å². The molecule has 0 radical (unpaired) electrons. The normalized spacial score (nSPS) is 12.2. The lowest BCUT2D eigenvalue weighted by atomic mass is 10.0. The molecule has 0 aliphatic rings. The molecule has 1 atom stereocenters. The summed E-state index contributed by atoms with van der Waals surface area (Å²) in [7, 11) is -2.73. The summed E-state index contributed by atoms with van der Waals surface area (Å²) in [6.07, 6.45) is 0.122. The molecule has 0 fully saturated rings. The fourth-order valence-electron chi connectivity index (χ4n) is 3.20. The minimum absolute atomic E-state index is 0.0666. The molecule has 3 rings (SSSR count). The Balaban J connectivity index is 1.67. The standard InChI is InChI=1S/C22H23N3O5S/c1-14(22(27)25-17-10-11-19(30-2)20(13-17)31(23,28)29)24-21(26)12-16-8-5-7-15-6-3-4-9-18(15)16/h3-11,13-14H,12H2,1-2H3,(H,24,26)(H,25,27)(H2,23,28,29)/t14-/m1/s1. The second kappa shape index (κ2) is 9.15.